The Bertz CT molecular complexity index is 777. The Morgan fingerprint density at radius 3 is 2.31 bits per heavy atom. The molecule has 0 atom stereocenters. The lowest BCUT2D eigenvalue weighted by Crippen LogP contribution is -2.36. The van der Waals surface area contributed by atoms with Crippen molar-refractivity contribution in [2.45, 2.75) is 27.7 Å². The maximum Gasteiger partial charge on any atom is 0.262 e. The van der Waals surface area contributed by atoms with Crippen molar-refractivity contribution in [2.75, 3.05) is 23.9 Å². The van der Waals surface area contributed by atoms with Gasteiger partial charge in [-0.05, 0) is 48.9 Å². The molecular formula is C21H26N2O3. The van der Waals surface area contributed by atoms with E-state index in [1.165, 1.54) is 0 Å². The molecule has 138 valence electrons. The van der Waals surface area contributed by atoms with E-state index in [2.05, 4.69) is 5.32 Å². The van der Waals surface area contributed by atoms with E-state index in [-0.39, 0.29) is 18.4 Å². The highest BCUT2D eigenvalue weighted by Crippen LogP contribution is 2.24. The van der Waals surface area contributed by atoms with E-state index < -0.39 is 5.41 Å². The molecule has 0 aromatic heterocycles. The number of carbonyl (C=O) groups is 2. The molecular weight excluding hydrogens is 328 g/mol. The molecule has 0 saturated heterocycles. The Balaban J connectivity index is 1.91. The highest BCUT2D eigenvalue weighted by Gasteiger charge is 2.25. The van der Waals surface area contributed by atoms with Gasteiger partial charge in [0, 0.05) is 23.8 Å². The summed E-state index contributed by atoms with van der Waals surface area (Å²) >= 11 is 0. The van der Waals surface area contributed by atoms with Crippen molar-refractivity contribution in [2.24, 2.45) is 5.41 Å². The second kappa shape index (κ2) is 8.04. The molecule has 2 aromatic rings. The topological polar surface area (TPSA) is 58.6 Å². The molecule has 2 amide bonds. The maximum absolute atomic E-state index is 12.3. The van der Waals surface area contributed by atoms with Crippen molar-refractivity contribution < 1.29 is 14.3 Å². The van der Waals surface area contributed by atoms with E-state index in [0.717, 1.165) is 16.9 Å². The average Bonchev–Trinajstić information content (AvgIpc) is 2.58. The van der Waals surface area contributed by atoms with Gasteiger partial charge in [-0.15, -0.1) is 0 Å². The second-order valence-corrected chi connectivity index (χ2v) is 7.31. The van der Waals surface area contributed by atoms with Crippen LogP contribution >= 0.6 is 0 Å². The molecule has 5 nitrogen and oxygen atoms in total. The Labute approximate surface area is 155 Å². The minimum atomic E-state index is -0.447. The minimum absolute atomic E-state index is 0.0312. The Morgan fingerprint density at radius 1 is 1.08 bits per heavy atom. The first-order chi connectivity index (χ1) is 12.2. The number of hydrogen-bond acceptors (Lipinski definition) is 3. The van der Waals surface area contributed by atoms with E-state index >= 15 is 0 Å². The van der Waals surface area contributed by atoms with Crippen LogP contribution in [0.3, 0.4) is 0 Å². The molecule has 0 spiro atoms. The van der Waals surface area contributed by atoms with Gasteiger partial charge in [-0.2, -0.15) is 0 Å². The van der Waals surface area contributed by atoms with Gasteiger partial charge in [-0.3, -0.25) is 9.59 Å². The third kappa shape index (κ3) is 5.34. The zero-order valence-electron chi connectivity index (χ0n) is 16.0. The predicted molar refractivity (Wildman–Crippen MR) is 105 cm³/mol. The van der Waals surface area contributed by atoms with Crippen molar-refractivity contribution in [3.8, 4) is 5.75 Å². The average molecular weight is 354 g/mol. The van der Waals surface area contributed by atoms with Crippen molar-refractivity contribution in [1.82, 2.24) is 0 Å². The molecule has 2 rings (SSSR count). The highest BCUT2D eigenvalue weighted by atomic mass is 16.5. The van der Waals surface area contributed by atoms with Crippen LogP contribution in [0.5, 0.6) is 5.75 Å². The summed E-state index contributed by atoms with van der Waals surface area (Å²) in [4.78, 5) is 25.9. The van der Waals surface area contributed by atoms with E-state index in [9.17, 15) is 9.59 Å². The quantitative estimate of drug-likeness (QED) is 0.882. The number of anilines is 2. The Morgan fingerprint density at radius 2 is 1.73 bits per heavy atom. The number of carbonyl (C=O) groups excluding carboxylic acids is 2. The van der Waals surface area contributed by atoms with Gasteiger partial charge < -0.3 is 15.0 Å². The van der Waals surface area contributed by atoms with Gasteiger partial charge >= 0.3 is 0 Å². The second-order valence-electron chi connectivity index (χ2n) is 7.31. The zero-order chi connectivity index (χ0) is 19.3. The van der Waals surface area contributed by atoms with Gasteiger partial charge in [0.25, 0.3) is 5.91 Å². The van der Waals surface area contributed by atoms with Gasteiger partial charge in [-0.25, -0.2) is 0 Å². The van der Waals surface area contributed by atoms with Crippen LogP contribution < -0.4 is 15.0 Å². The molecule has 5 heteroatoms. The van der Waals surface area contributed by atoms with Crippen LogP contribution in [0.2, 0.25) is 0 Å². The van der Waals surface area contributed by atoms with Crippen LogP contribution in [0.25, 0.3) is 0 Å². The van der Waals surface area contributed by atoms with E-state index in [1.54, 1.807) is 36.2 Å². The highest BCUT2D eigenvalue weighted by molar-refractivity contribution is 5.96. The molecule has 0 aliphatic heterocycles. The normalized spacial score (nSPS) is 11.0. The molecule has 2 aromatic carbocycles. The van der Waals surface area contributed by atoms with Crippen molar-refractivity contribution in [1.29, 1.82) is 0 Å². The molecule has 0 aliphatic rings. The monoisotopic (exact) mass is 354 g/mol. The van der Waals surface area contributed by atoms with E-state index in [0.29, 0.717) is 5.75 Å². The molecule has 0 saturated carbocycles. The van der Waals surface area contributed by atoms with Crippen LogP contribution in [0.15, 0.2) is 48.5 Å². The fraction of sp³-hybridized carbons (Fsp3) is 0.333. The predicted octanol–water partition coefficient (Wildman–Crippen LogP) is 4.02. The fourth-order valence-corrected chi connectivity index (χ4v) is 2.46. The lowest BCUT2D eigenvalue weighted by Gasteiger charge is -2.26. The Hall–Kier alpha value is -2.82. The van der Waals surface area contributed by atoms with Gasteiger partial charge in [0.15, 0.2) is 6.61 Å². The van der Waals surface area contributed by atoms with Crippen molar-refractivity contribution in [3.63, 3.8) is 0 Å². The first kappa shape index (κ1) is 19.5. The van der Waals surface area contributed by atoms with Gasteiger partial charge in [0.2, 0.25) is 5.91 Å². The van der Waals surface area contributed by atoms with Gasteiger partial charge in [-0.1, -0.05) is 32.9 Å². The van der Waals surface area contributed by atoms with Gasteiger partial charge in [0.05, 0.1) is 0 Å². The van der Waals surface area contributed by atoms with Crippen LogP contribution in [-0.4, -0.2) is 25.5 Å². The summed E-state index contributed by atoms with van der Waals surface area (Å²) in [5.41, 5.74) is 2.16. The van der Waals surface area contributed by atoms with Crippen LogP contribution in [0.1, 0.15) is 26.3 Å². The summed E-state index contributed by atoms with van der Waals surface area (Å²) in [5, 5.41) is 2.80. The number of rotatable bonds is 5. The van der Waals surface area contributed by atoms with Crippen LogP contribution in [-0.2, 0) is 9.59 Å². The lowest BCUT2D eigenvalue weighted by atomic mass is 9.95. The molecule has 26 heavy (non-hydrogen) atoms. The molecule has 0 unspecified atom stereocenters. The summed E-state index contributed by atoms with van der Waals surface area (Å²) in [6.07, 6.45) is 0. The first-order valence-electron chi connectivity index (χ1n) is 8.54. The van der Waals surface area contributed by atoms with Crippen LogP contribution in [0.4, 0.5) is 11.4 Å². The zero-order valence-corrected chi connectivity index (χ0v) is 16.0. The standard InChI is InChI=1S/C21H26N2O3/c1-15-7-6-8-16(13-15)22-19(24)14-26-18-11-9-17(10-12-18)23(5)20(25)21(2,3)4/h6-13H,14H2,1-5H3,(H,22,24). The van der Waals surface area contributed by atoms with E-state index in [4.69, 9.17) is 4.74 Å². The molecule has 0 heterocycles. The third-order valence-corrected chi connectivity index (χ3v) is 3.84. The van der Waals surface area contributed by atoms with E-state index in [1.807, 2.05) is 52.0 Å². The summed E-state index contributed by atoms with van der Waals surface area (Å²) in [7, 11) is 1.75. The molecule has 0 radical (unpaired) electrons. The molecule has 0 aliphatic carbocycles. The van der Waals surface area contributed by atoms with Gasteiger partial charge in [0.1, 0.15) is 5.75 Å². The maximum atomic E-state index is 12.3. The van der Waals surface area contributed by atoms with Crippen molar-refractivity contribution >= 4 is 23.2 Å². The summed E-state index contributed by atoms with van der Waals surface area (Å²) in [5.74, 6) is 0.383. The number of amides is 2. The largest absolute Gasteiger partial charge is 0.484 e. The number of nitrogens with one attached hydrogen (secondary N) is 1. The first-order valence-corrected chi connectivity index (χ1v) is 8.54. The number of aryl methyl sites for hydroxylation is 1. The minimum Gasteiger partial charge on any atom is -0.484 e. The Kier molecular flexibility index (Phi) is 6.03. The summed E-state index contributed by atoms with van der Waals surface area (Å²) in [6.45, 7) is 7.54. The molecule has 0 bridgehead atoms. The van der Waals surface area contributed by atoms with Crippen LogP contribution in [0, 0.1) is 12.3 Å². The fourth-order valence-electron chi connectivity index (χ4n) is 2.46. The summed E-state index contributed by atoms with van der Waals surface area (Å²) < 4.78 is 5.52. The lowest BCUT2D eigenvalue weighted by molar-refractivity contribution is -0.125. The SMILES string of the molecule is Cc1cccc(NC(=O)COc2ccc(N(C)C(=O)C(C)(C)C)cc2)c1. The number of ether oxygens (including phenoxy) is 1. The molecule has 1 N–H and O–H groups in total. The third-order valence-electron chi connectivity index (χ3n) is 3.84. The number of hydrogen-bond donors (Lipinski definition) is 1. The number of nitrogens with zero attached hydrogens (tertiary/aromatic N) is 1. The number of benzene rings is 2. The smallest absolute Gasteiger partial charge is 0.262 e. The summed E-state index contributed by atoms with van der Waals surface area (Å²) in [6, 6.07) is 14.7. The molecule has 0 fully saturated rings. The van der Waals surface area contributed by atoms with Crippen molar-refractivity contribution in [3.05, 3.63) is 54.1 Å².